The number of ether oxygens (including phenoxy) is 3. The Morgan fingerprint density at radius 1 is 0.904 bits per heavy atom. The van der Waals surface area contributed by atoms with Gasteiger partial charge in [-0.3, -0.25) is 19.6 Å². The Kier molecular flexibility index (Phi) is 12.5. The molecule has 0 bridgehead atoms. The van der Waals surface area contributed by atoms with E-state index in [1.807, 2.05) is 61.2 Å². The second-order valence-corrected chi connectivity index (χ2v) is 12.4. The third-order valence-corrected chi connectivity index (χ3v) is 8.82. The number of carbonyl (C=O) groups is 2. The summed E-state index contributed by atoms with van der Waals surface area (Å²) >= 11 is 0. The van der Waals surface area contributed by atoms with Gasteiger partial charge in [0, 0.05) is 52.4 Å². The first-order valence-corrected chi connectivity index (χ1v) is 17.5. The number of methoxy groups -OCH3 is 2. The van der Waals surface area contributed by atoms with Crippen LogP contribution >= 0.6 is 0 Å². The lowest BCUT2D eigenvalue weighted by atomic mass is 10.1. The smallest absolute Gasteiger partial charge is 0.276 e. The van der Waals surface area contributed by atoms with Crippen LogP contribution < -0.4 is 25.8 Å². The molecule has 4 N–H and O–H groups in total. The second-order valence-electron chi connectivity index (χ2n) is 12.4. The number of imidazole rings is 2. The number of hydrogen-bond donors (Lipinski definition) is 3. The highest BCUT2D eigenvalue weighted by Crippen LogP contribution is 2.32. The van der Waals surface area contributed by atoms with Crippen molar-refractivity contribution in [3.63, 3.8) is 0 Å². The average Bonchev–Trinajstić information content (AvgIpc) is 3.81. The number of primary amides is 1. The van der Waals surface area contributed by atoms with E-state index in [1.54, 1.807) is 37.1 Å². The third kappa shape index (κ3) is 8.37. The predicted octanol–water partition coefficient (Wildman–Crippen LogP) is 4.61. The maximum atomic E-state index is 13.6. The highest BCUT2D eigenvalue weighted by Gasteiger charge is 2.22. The van der Waals surface area contributed by atoms with Gasteiger partial charge in [0.1, 0.15) is 28.2 Å². The summed E-state index contributed by atoms with van der Waals surface area (Å²) in [6.45, 7) is 12.8. The topological polar surface area (TPSA) is 169 Å². The Bertz CT molecular complexity index is 2060. The van der Waals surface area contributed by atoms with Crippen LogP contribution in [-0.4, -0.2) is 99.7 Å². The van der Waals surface area contributed by atoms with E-state index in [2.05, 4.69) is 27.6 Å². The van der Waals surface area contributed by atoms with Gasteiger partial charge in [0.15, 0.2) is 0 Å². The van der Waals surface area contributed by atoms with Crippen LogP contribution in [0.5, 0.6) is 11.5 Å². The lowest BCUT2D eigenvalue weighted by molar-refractivity contribution is 0.0995. The van der Waals surface area contributed by atoms with Gasteiger partial charge < -0.3 is 39.3 Å². The van der Waals surface area contributed by atoms with E-state index in [1.165, 1.54) is 0 Å². The molecule has 0 spiro atoms. The standard InChI is InChI=1S/C37H50N10O5/c1-8-44(16-18-50-6)13-12-17-52-31-23-26(34(38)48)22-28-33(31)46(37(41-28)42-35(49)29-21-25(4)43-47(29)9-2)15-11-10-14-45-32-27(40-36(45)39-5)19-24(3)20-30(32)51-7/h10-11,19-23H,8-9,12-18H2,1-7H3,(H2,38,48)(H,39,40)(H,41,42,49)/b11-10+. The van der Waals surface area contributed by atoms with Crippen LogP contribution in [0.4, 0.5) is 11.9 Å². The molecule has 0 atom stereocenters. The van der Waals surface area contributed by atoms with E-state index in [-0.39, 0.29) is 17.4 Å². The molecule has 0 saturated heterocycles. The Hall–Kier alpha value is -5.41. The number of rotatable bonds is 19. The fourth-order valence-corrected chi connectivity index (χ4v) is 6.26. The molecule has 15 heteroatoms. The van der Waals surface area contributed by atoms with Crippen LogP contribution in [0.15, 0.2) is 42.5 Å². The van der Waals surface area contributed by atoms with Crippen LogP contribution in [0.25, 0.3) is 22.1 Å². The summed E-state index contributed by atoms with van der Waals surface area (Å²) in [4.78, 5) is 37.9. The Balaban J connectivity index is 1.51. The number of hydrogen-bond acceptors (Lipinski definition) is 10. The Labute approximate surface area is 303 Å². The van der Waals surface area contributed by atoms with Crippen LogP contribution in [0.2, 0.25) is 0 Å². The van der Waals surface area contributed by atoms with Crippen molar-refractivity contribution >= 4 is 45.8 Å². The number of anilines is 2. The van der Waals surface area contributed by atoms with Crippen molar-refractivity contribution in [1.29, 1.82) is 0 Å². The summed E-state index contributed by atoms with van der Waals surface area (Å²) in [5.41, 5.74) is 11.0. The average molecular weight is 715 g/mol. The molecule has 0 aliphatic rings. The van der Waals surface area contributed by atoms with E-state index >= 15 is 0 Å². The van der Waals surface area contributed by atoms with Crippen molar-refractivity contribution in [2.24, 2.45) is 5.73 Å². The van der Waals surface area contributed by atoms with Gasteiger partial charge in [0.25, 0.3) is 5.91 Å². The molecular weight excluding hydrogens is 664 g/mol. The van der Waals surface area contributed by atoms with E-state index in [4.69, 9.17) is 29.9 Å². The van der Waals surface area contributed by atoms with Crippen LogP contribution in [0, 0.1) is 13.8 Å². The van der Waals surface area contributed by atoms with Crippen molar-refractivity contribution in [2.45, 2.75) is 53.8 Å². The summed E-state index contributed by atoms with van der Waals surface area (Å²) in [5.74, 6) is 1.20. The number of carbonyl (C=O) groups excluding carboxylic acids is 2. The number of benzene rings is 2. The fraction of sp³-hybridized carbons (Fsp3) is 0.432. The van der Waals surface area contributed by atoms with E-state index in [0.717, 1.165) is 54.1 Å². The lowest BCUT2D eigenvalue weighted by Gasteiger charge is -2.20. The lowest BCUT2D eigenvalue weighted by Crippen LogP contribution is -2.29. The minimum absolute atomic E-state index is 0.256. The molecule has 2 aromatic carbocycles. The van der Waals surface area contributed by atoms with Crippen molar-refractivity contribution in [3.8, 4) is 11.5 Å². The van der Waals surface area contributed by atoms with E-state index in [0.29, 0.717) is 61.3 Å². The zero-order valence-corrected chi connectivity index (χ0v) is 31.2. The minimum atomic E-state index is -0.607. The molecule has 0 aliphatic carbocycles. The Morgan fingerprint density at radius 3 is 2.25 bits per heavy atom. The molecular formula is C37H50N10O5. The molecule has 0 radical (unpaired) electrons. The summed E-state index contributed by atoms with van der Waals surface area (Å²) in [7, 11) is 5.18. The van der Waals surface area contributed by atoms with Crippen LogP contribution in [0.3, 0.4) is 0 Å². The monoisotopic (exact) mass is 714 g/mol. The molecule has 0 unspecified atom stereocenters. The van der Waals surface area contributed by atoms with E-state index < -0.39 is 5.91 Å². The first-order valence-electron chi connectivity index (χ1n) is 17.5. The van der Waals surface area contributed by atoms with Gasteiger partial charge in [-0.05, 0) is 69.6 Å². The summed E-state index contributed by atoms with van der Waals surface area (Å²) in [5, 5.41) is 10.6. The molecule has 15 nitrogen and oxygen atoms in total. The number of amides is 2. The number of fused-ring (bicyclic) bond motifs is 2. The van der Waals surface area contributed by atoms with Gasteiger partial charge in [-0.2, -0.15) is 5.10 Å². The van der Waals surface area contributed by atoms with Crippen molar-refractivity contribution in [2.75, 3.05) is 64.7 Å². The summed E-state index contributed by atoms with van der Waals surface area (Å²) in [6.07, 6.45) is 4.75. The fourth-order valence-electron chi connectivity index (χ4n) is 6.26. The van der Waals surface area contributed by atoms with Gasteiger partial charge in [-0.25, -0.2) is 9.97 Å². The normalized spacial score (nSPS) is 11.7. The number of aryl methyl sites for hydroxylation is 3. The van der Waals surface area contributed by atoms with Gasteiger partial charge >= 0.3 is 0 Å². The van der Waals surface area contributed by atoms with E-state index in [9.17, 15) is 9.59 Å². The largest absolute Gasteiger partial charge is 0.494 e. The molecule has 278 valence electrons. The first kappa shape index (κ1) is 37.8. The first-order chi connectivity index (χ1) is 25.1. The summed E-state index contributed by atoms with van der Waals surface area (Å²) in [6, 6.07) is 9.02. The number of likely N-dealkylation sites (N-methyl/N-ethyl adjacent to an activating group) is 1. The predicted molar refractivity (Wildman–Crippen MR) is 203 cm³/mol. The number of aromatic nitrogens is 6. The zero-order valence-electron chi connectivity index (χ0n) is 31.2. The van der Waals surface area contributed by atoms with Crippen LogP contribution in [-0.2, 0) is 24.4 Å². The molecule has 52 heavy (non-hydrogen) atoms. The number of allylic oxidation sites excluding steroid dienone is 2. The zero-order chi connectivity index (χ0) is 37.4. The third-order valence-electron chi connectivity index (χ3n) is 8.82. The molecule has 5 rings (SSSR count). The molecule has 5 aromatic rings. The van der Waals surface area contributed by atoms with Crippen LogP contribution in [0.1, 0.15) is 52.4 Å². The molecule has 3 aromatic heterocycles. The molecule has 0 saturated carbocycles. The number of nitrogens with two attached hydrogens (primary N) is 1. The SMILES string of the molecule is CCN(CCCOc1cc(C(N)=O)cc2nc(NC(=O)c3cc(C)nn3CC)n(C/C=C/Cn3c(NC)nc4cc(C)cc(OC)c43)c12)CCOC. The second kappa shape index (κ2) is 17.2. The van der Waals surface area contributed by atoms with Crippen molar-refractivity contribution in [1.82, 2.24) is 33.8 Å². The van der Waals surface area contributed by atoms with Gasteiger partial charge in [-0.15, -0.1) is 0 Å². The molecule has 3 heterocycles. The molecule has 0 aliphatic heterocycles. The number of nitrogens with zero attached hydrogens (tertiary/aromatic N) is 7. The molecule has 0 fully saturated rings. The minimum Gasteiger partial charge on any atom is -0.494 e. The maximum Gasteiger partial charge on any atom is 0.276 e. The van der Waals surface area contributed by atoms with Gasteiger partial charge in [0.05, 0.1) is 37.1 Å². The number of nitrogens with one attached hydrogen (secondary N) is 2. The van der Waals surface area contributed by atoms with Crippen molar-refractivity contribution in [3.05, 3.63) is 65.0 Å². The summed E-state index contributed by atoms with van der Waals surface area (Å²) < 4.78 is 22.9. The van der Waals surface area contributed by atoms with Crippen molar-refractivity contribution < 1.29 is 23.8 Å². The Morgan fingerprint density at radius 2 is 1.60 bits per heavy atom. The quantitative estimate of drug-likeness (QED) is 0.0811. The highest BCUT2D eigenvalue weighted by atomic mass is 16.5. The van der Waals surface area contributed by atoms with Gasteiger partial charge in [-0.1, -0.05) is 19.1 Å². The molecule has 2 amide bonds. The highest BCUT2D eigenvalue weighted by molar-refractivity contribution is 6.04. The van der Waals surface area contributed by atoms with Gasteiger partial charge in [0.2, 0.25) is 17.8 Å². The maximum absolute atomic E-state index is 13.6.